The first kappa shape index (κ1) is 20.3. The van der Waals surface area contributed by atoms with E-state index in [9.17, 15) is 0 Å². The Labute approximate surface area is 146 Å². The Balaban J connectivity index is 2.72. The summed E-state index contributed by atoms with van der Waals surface area (Å²) in [5, 5.41) is 6.67. The summed E-state index contributed by atoms with van der Waals surface area (Å²) < 4.78 is 10.9. The Kier molecular flexibility index (Phi) is 9.92. The Morgan fingerprint density at radius 2 is 2.00 bits per heavy atom. The summed E-state index contributed by atoms with van der Waals surface area (Å²) in [6.45, 7) is 12.1. The highest BCUT2D eigenvalue weighted by Gasteiger charge is 2.05. The van der Waals surface area contributed by atoms with Gasteiger partial charge < -0.3 is 20.1 Å². The second-order valence-corrected chi connectivity index (χ2v) is 6.26. The third kappa shape index (κ3) is 8.20. The Morgan fingerprint density at radius 1 is 1.21 bits per heavy atom. The van der Waals surface area contributed by atoms with Crippen molar-refractivity contribution in [2.75, 3.05) is 33.4 Å². The van der Waals surface area contributed by atoms with Crippen molar-refractivity contribution in [2.24, 2.45) is 10.9 Å². The van der Waals surface area contributed by atoms with Crippen LogP contribution in [0.4, 0.5) is 0 Å². The van der Waals surface area contributed by atoms with Gasteiger partial charge in [0.1, 0.15) is 12.4 Å². The van der Waals surface area contributed by atoms with Crippen LogP contribution in [0.1, 0.15) is 38.3 Å². The topological polar surface area (TPSA) is 54.9 Å². The maximum absolute atomic E-state index is 5.83. The smallest absolute Gasteiger partial charge is 0.191 e. The average molecular weight is 335 g/mol. The highest BCUT2D eigenvalue weighted by Crippen LogP contribution is 2.21. The number of nitrogens with zero attached hydrogens (tertiary/aromatic N) is 1. The predicted octanol–water partition coefficient (Wildman–Crippen LogP) is 3.12. The van der Waals surface area contributed by atoms with E-state index < -0.39 is 0 Å². The number of benzene rings is 1. The van der Waals surface area contributed by atoms with E-state index in [1.807, 2.05) is 0 Å². The molecule has 1 rings (SSSR count). The van der Waals surface area contributed by atoms with Gasteiger partial charge in [-0.15, -0.1) is 0 Å². The molecule has 0 aliphatic rings. The number of aryl methyl sites for hydroxylation is 1. The summed E-state index contributed by atoms with van der Waals surface area (Å²) in [7, 11) is 1.68. The lowest BCUT2D eigenvalue weighted by Gasteiger charge is -2.14. The van der Waals surface area contributed by atoms with Gasteiger partial charge in [-0.05, 0) is 37.8 Å². The third-order valence-electron chi connectivity index (χ3n) is 3.53. The van der Waals surface area contributed by atoms with Gasteiger partial charge in [0.25, 0.3) is 0 Å². The van der Waals surface area contributed by atoms with Gasteiger partial charge in [0.2, 0.25) is 0 Å². The molecule has 1 aromatic carbocycles. The molecule has 1 aromatic rings. The molecule has 0 aliphatic heterocycles. The van der Waals surface area contributed by atoms with Crippen LogP contribution < -0.4 is 15.4 Å². The Hall–Kier alpha value is -1.75. The molecule has 0 fully saturated rings. The highest BCUT2D eigenvalue weighted by molar-refractivity contribution is 5.79. The van der Waals surface area contributed by atoms with Crippen molar-refractivity contribution in [1.29, 1.82) is 0 Å². The minimum atomic E-state index is 0.545. The molecule has 0 saturated heterocycles. The molecule has 136 valence electrons. The zero-order chi connectivity index (χ0) is 17.8. The molecule has 0 aliphatic carbocycles. The molecule has 0 bridgehead atoms. The minimum Gasteiger partial charge on any atom is -0.491 e. The number of hydrogen-bond donors (Lipinski definition) is 2. The van der Waals surface area contributed by atoms with Gasteiger partial charge in [-0.25, -0.2) is 4.99 Å². The quantitative estimate of drug-likeness (QED) is 0.392. The van der Waals surface area contributed by atoms with E-state index in [1.165, 1.54) is 5.56 Å². The van der Waals surface area contributed by atoms with Gasteiger partial charge in [-0.2, -0.15) is 0 Å². The van der Waals surface area contributed by atoms with Crippen LogP contribution in [0.5, 0.6) is 5.75 Å². The van der Waals surface area contributed by atoms with E-state index in [4.69, 9.17) is 9.47 Å². The van der Waals surface area contributed by atoms with E-state index >= 15 is 0 Å². The van der Waals surface area contributed by atoms with Crippen molar-refractivity contribution in [3.05, 3.63) is 29.3 Å². The average Bonchev–Trinajstić information content (AvgIpc) is 2.54. The predicted molar refractivity (Wildman–Crippen MR) is 101 cm³/mol. The van der Waals surface area contributed by atoms with Crippen LogP contribution in [-0.2, 0) is 11.3 Å². The Morgan fingerprint density at radius 3 is 2.67 bits per heavy atom. The fourth-order valence-electron chi connectivity index (χ4n) is 2.15. The van der Waals surface area contributed by atoms with Gasteiger partial charge in [0.05, 0.1) is 13.2 Å². The lowest BCUT2D eigenvalue weighted by Crippen LogP contribution is -2.38. The number of rotatable bonds is 10. The molecule has 2 N–H and O–H groups in total. The molecule has 0 spiro atoms. The van der Waals surface area contributed by atoms with E-state index in [1.54, 1.807) is 7.11 Å². The fraction of sp³-hybridized carbons (Fsp3) is 0.632. The molecule has 5 nitrogen and oxygen atoms in total. The van der Waals surface area contributed by atoms with E-state index in [2.05, 4.69) is 61.5 Å². The van der Waals surface area contributed by atoms with Crippen LogP contribution in [0.3, 0.4) is 0 Å². The minimum absolute atomic E-state index is 0.545. The van der Waals surface area contributed by atoms with Gasteiger partial charge in [0.15, 0.2) is 5.96 Å². The maximum atomic E-state index is 5.83. The van der Waals surface area contributed by atoms with Gasteiger partial charge in [0, 0.05) is 25.8 Å². The van der Waals surface area contributed by atoms with Crippen molar-refractivity contribution in [3.63, 3.8) is 0 Å². The molecule has 24 heavy (non-hydrogen) atoms. The first-order valence-electron chi connectivity index (χ1n) is 8.80. The molecule has 0 unspecified atom stereocenters. The third-order valence-corrected chi connectivity index (χ3v) is 3.53. The van der Waals surface area contributed by atoms with Gasteiger partial charge in [-0.1, -0.05) is 26.0 Å². The second kappa shape index (κ2) is 11.7. The number of aliphatic imine (C=N–C) groups is 1. The molecule has 0 atom stereocenters. The lowest BCUT2D eigenvalue weighted by molar-refractivity contribution is 0.145. The molecule has 0 heterocycles. The van der Waals surface area contributed by atoms with Crippen molar-refractivity contribution < 1.29 is 9.47 Å². The van der Waals surface area contributed by atoms with Crippen LogP contribution in [0.25, 0.3) is 0 Å². The van der Waals surface area contributed by atoms with Crippen molar-refractivity contribution in [1.82, 2.24) is 10.6 Å². The summed E-state index contributed by atoms with van der Waals surface area (Å²) in [6, 6.07) is 6.23. The number of hydrogen-bond acceptors (Lipinski definition) is 3. The van der Waals surface area contributed by atoms with Crippen molar-refractivity contribution >= 4 is 5.96 Å². The van der Waals surface area contributed by atoms with Gasteiger partial charge >= 0.3 is 0 Å². The summed E-state index contributed by atoms with van der Waals surface area (Å²) in [5.41, 5.74) is 2.26. The SMILES string of the molecule is CCNC(=NCc1ccc(C)cc1OCCOC)NCCC(C)C. The number of ether oxygens (including phenoxy) is 2. The normalized spacial score (nSPS) is 11.7. The first-order valence-corrected chi connectivity index (χ1v) is 8.80. The zero-order valence-electron chi connectivity index (χ0n) is 15.8. The number of nitrogens with one attached hydrogen (secondary N) is 2. The Bertz CT molecular complexity index is 501. The van der Waals surface area contributed by atoms with Crippen LogP contribution >= 0.6 is 0 Å². The molecular formula is C19H33N3O2. The summed E-state index contributed by atoms with van der Waals surface area (Å²) in [4.78, 5) is 4.68. The summed E-state index contributed by atoms with van der Waals surface area (Å²) in [5.74, 6) is 2.41. The van der Waals surface area contributed by atoms with Gasteiger partial charge in [-0.3, -0.25) is 0 Å². The molecule has 0 aromatic heterocycles. The van der Waals surface area contributed by atoms with Crippen molar-refractivity contribution in [3.8, 4) is 5.75 Å². The molecule has 0 saturated carbocycles. The van der Waals surface area contributed by atoms with Crippen LogP contribution in [0.2, 0.25) is 0 Å². The van der Waals surface area contributed by atoms with E-state index in [0.29, 0.717) is 25.7 Å². The monoisotopic (exact) mass is 335 g/mol. The highest BCUT2D eigenvalue weighted by atomic mass is 16.5. The largest absolute Gasteiger partial charge is 0.491 e. The number of methoxy groups -OCH3 is 1. The van der Waals surface area contributed by atoms with E-state index in [0.717, 1.165) is 36.8 Å². The standard InChI is InChI=1S/C19H33N3O2/c1-6-20-19(21-10-9-15(2)3)22-14-17-8-7-16(4)13-18(17)24-12-11-23-5/h7-8,13,15H,6,9-12,14H2,1-5H3,(H2,20,21,22). The van der Waals surface area contributed by atoms with Crippen LogP contribution in [0, 0.1) is 12.8 Å². The van der Waals surface area contributed by atoms with Crippen molar-refractivity contribution in [2.45, 2.75) is 40.7 Å². The maximum Gasteiger partial charge on any atom is 0.191 e. The number of guanidine groups is 1. The lowest BCUT2D eigenvalue weighted by atomic mass is 10.1. The molecule has 0 radical (unpaired) electrons. The fourth-order valence-corrected chi connectivity index (χ4v) is 2.15. The second-order valence-electron chi connectivity index (χ2n) is 6.26. The molecular weight excluding hydrogens is 302 g/mol. The van der Waals surface area contributed by atoms with E-state index in [-0.39, 0.29) is 0 Å². The van der Waals surface area contributed by atoms with Crippen LogP contribution in [0.15, 0.2) is 23.2 Å². The van der Waals surface area contributed by atoms with Crippen LogP contribution in [-0.4, -0.2) is 39.4 Å². The summed E-state index contributed by atoms with van der Waals surface area (Å²) in [6.07, 6.45) is 1.13. The zero-order valence-corrected chi connectivity index (χ0v) is 15.8. The molecule has 0 amide bonds. The summed E-state index contributed by atoms with van der Waals surface area (Å²) >= 11 is 0. The first-order chi connectivity index (χ1) is 11.6. The molecule has 5 heteroatoms.